The van der Waals surface area contributed by atoms with Crippen molar-refractivity contribution in [2.45, 2.75) is 11.1 Å². The zero-order valence-electron chi connectivity index (χ0n) is 8.49. The van der Waals surface area contributed by atoms with Crippen LogP contribution in [0, 0.1) is 0 Å². The third kappa shape index (κ3) is 3.64. The number of halogens is 3. The van der Waals surface area contributed by atoms with E-state index in [-0.39, 0.29) is 6.61 Å². The van der Waals surface area contributed by atoms with Crippen molar-refractivity contribution in [3.8, 4) is 0 Å². The van der Waals surface area contributed by atoms with E-state index in [1.54, 1.807) is 0 Å². The second-order valence-electron chi connectivity index (χ2n) is 3.08. The molecule has 0 spiro atoms. The first-order valence-corrected chi connectivity index (χ1v) is 5.53. The molecule has 1 rings (SSSR count). The average Bonchev–Trinajstić information content (AvgIpc) is 2.24. The maximum absolute atomic E-state index is 12.5. The summed E-state index contributed by atoms with van der Waals surface area (Å²) in [5.41, 5.74) is -1.95. The van der Waals surface area contributed by atoms with Crippen molar-refractivity contribution in [3.05, 3.63) is 29.3 Å². The first kappa shape index (κ1) is 13.9. The second-order valence-corrected chi connectivity index (χ2v) is 4.25. The van der Waals surface area contributed by atoms with Gasteiger partial charge in [-0.05, 0) is 18.2 Å². The monoisotopic (exact) mass is 266 g/mol. The summed E-state index contributed by atoms with van der Waals surface area (Å²) < 4.78 is 37.4. The van der Waals surface area contributed by atoms with Gasteiger partial charge in [0.15, 0.2) is 0 Å². The normalized spacial score (nSPS) is 11.5. The summed E-state index contributed by atoms with van der Waals surface area (Å²) in [5.74, 6) is -1.33. The number of carboxylic acids is 1. The van der Waals surface area contributed by atoms with Gasteiger partial charge in [0, 0.05) is 10.6 Å². The van der Waals surface area contributed by atoms with E-state index < -0.39 is 23.3 Å². The summed E-state index contributed by atoms with van der Waals surface area (Å²) >= 11 is 1.09. The minimum Gasteiger partial charge on any atom is -0.478 e. The molecule has 0 heterocycles. The number of aliphatic hydroxyl groups is 1. The lowest BCUT2D eigenvalue weighted by Crippen LogP contribution is -2.12. The summed E-state index contributed by atoms with van der Waals surface area (Å²) in [6.07, 6.45) is -4.69. The van der Waals surface area contributed by atoms with Gasteiger partial charge in [-0.2, -0.15) is 13.2 Å². The van der Waals surface area contributed by atoms with Crippen LogP contribution in [0.1, 0.15) is 15.9 Å². The van der Waals surface area contributed by atoms with Crippen molar-refractivity contribution in [2.24, 2.45) is 0 Å². The molecule has 0 radical (unpaired) electrons. The Hall–Kier alpha value is -1.21. The van der Waals surface area contributed by atoms with Gasteiger partial charge in [-0.1, -0.05) is 0 Å². The molecule has 1 aromatic rings. The first-order chi connectivity index (χ1) is 7.86. The Labute approximate surface area is 99.3 Å². The molecule has 0 atom stereocenters. The number of aliphatic hydroxyl groups excluding tert-OH is 1. The van der Waals surface area contributed by atoms with Crippen molar-refractivity contribution in [1.82, 2.24) is 0 Å². The van der Waals surface area contributed by atoms with Gasteiger partial charge >= 0.3 is 12.1 Å². The van der Waals surface area contributed by atoms with Gasteiger partial charge in [-0.25, -0.2) is 4.79 Å². The van der Waals surface area contributed by atoms with E-state index in [4.69, 9.17) is 10.2 Å². The smallest absolute Gasteiger partial charge is 0.417 e. The fourth-order valence-electron chi connectivity index (χ4n) is 1.20. The summed E-state index contributed by atoms with van der Waals surface area (Å²) in [6.45, 7) is -0.131. The molecule has 0 amide bonds. The highest BCUT2D eigenvalue weighted by Gasteiger charge is 2.35. The maximum Gasteiger partial charge on any atom is 0.417 e. The van der Waals surface area contributed by atoms with Crippen molar-refractivity contribution < 1.29 is 28.2 Å². The van der Waals surface area contributed by atoms with Crippen molar-refractivity contribution in [1.29, 1.82) is 0 Å². The molecule has 0 bridgehead atoms. The number of aromatic carboxylic acids is 1. The van der Waals surface area contributed by atoms with E-state index in [1.807, 2.05) is 0 Å². The predicted octanol–water partition coefficient (Wildman–Crippen LogP) is 2.49. The highest BCUT2D eigenvalue weighted by Crippen LogP contribution is 2.34. The molecule has 2 N–H and O–H groups in total. The van der Waals surface area contributed by atoms with Crippen LogP contribution in [0.4, 0.5) is 13.2 Å². The largest absolute Gasteiger partial charge is 0.478 e. The molecule has 0 aliphatic heterocycles. The lowest BCUT2D eigenvalue weighted by atomic mass is 10.1. The van der Waals surface area contributed by atoms with E-state index in [0.717, 1.165) is 23.9 Å². The minimum absolute atomic E-state index is 0.131. The van der Waals surface area contributed by atoms with Crippen LogP contribution >= 0.6 is 11.8 Å². The molecule has 0 unspecified atom stereocenters. The molecular weight excluding hydrogens is 257 g/mol. The van der Waals surface area contributed by atoms with Crippen LogP contribution in [0.5, 0.6) is 0 Å². The number of thioether (sulfide) groups is 1. The number of benzene rings is 1. The molecule has 94 valence electrons. The van der Waals surface area contributed by atoms with Crippen molar-refractivity contribution in [3.63, 3.8) is 0 Å². The van der Waals surface area contributed by atoms with Crippen molar-refractivity contribution in [2.75, 3.05) is 12.4 Å². The summed E-state index contributed by atoms with van der Waals surface area (Å²) in [6, 6.07) is 2.89. The van der Waals surface area contributed by atoms with Crippen LogP contribution in [0.25, 0.3) is 0 Å². The standard InChI is InChI=1S/C10H9F3O3S/c11-10(12,13)8-2-1-6(17-4-3-14)5-7(8)9(15)16/h1-2,5,14H,3-4H2,(H,15,16). The van der Waals surface area contributed by atoms with Gasteiger partial charge < -0.3 is 10.2 Å². The molecule has 17 heavy (non-hydrogen) atoms. The molecule has 0 saturated carbocycles. The summed E-state index contributed by atoms with van der Waals surface area (Å²) in [7, 11) is 0. The molecule has 0 aromatic heterocycles. The second kappa shape index (κ2) is 5.42. The Morgan fingerprint density at radius 3 is 2.47 bits per heavy atom. The number of carboxylic acid groups (broad SMARTS) is 1. The van der Waals surface area contributed by atoms with Crippen LogP contribution in [-0.2, 0) is 6.18 Å². The van der Waals surface area contributed by atoms with Gasteiger partial charge in [0.2, 0.25) is 0 Å². The van der Waals surface area contributed by atoms with Crippen LogP contribution in [0.15, 0.2) is 23.1 Å². The molecule has 0 aliphatic rings. The summed E-state index contributed by atoms with van der Waals surface area (Å²) in [5, 5.41) is 17.3. The predicted molar refractivity (Wildman–Crippen MR) is 56.2 cm³/mol. The maximum atomic E-state index is 12.5. The van der Waals surface area contributed by atoms with Gasteiger partial charge in [0.05, 0.1) is 17.7 Å². The van der Waals surface area contributed by atoms with Gasteiger partial charge in [-0.15, -0.1) is 11.8 Å². The number of hydrogen-bond acceptors (Lipinski definition) is 3. The van der Waals surface area contributed by atoms with Gasteiger partial charge in [-0.3, -0.25) is 0 Å². The zero-order valence-corrected chi connectivity index (χ0v) is 9.31. The number of hydrogen-bond donors (Lipinski definition) is 2. The van der Waals surface area contributed by atoms with Gasteiger partial charge in [0.25, 0.3) is 0 Å². The topological polar surface area (TPSA) is 57.5 Å². The van der Waals surface area contributed by atoms with E-state index in [0.29, 0.717) is 10.6 Å². The minimum atomic E-state index is -4.69. The number of rotatable bonds is 4. The Balaban J connectivity index is 3.13. The Morgan fingerprint density at radius 1 is 1.35 bits per heavy atom. The molecule has 0 aliphatic carbocycles. The molecule has 0 saturated heterocycles. The fourth-order valence-corrected chi connectivity index (χ4v) is 1.89. The molecule has 1 aromatic carbocycles. The van der Waals surface area contributed by atoms with Crippen LogP contribution in [0.2, 0.25) is 0 Å². The molecule has 3 nitrogen and oxygen atoms in total. The van der Waals surface area contributed by atoms with Crippen molar-refractivity contribution >= 4 is 17.7 Å². The average molecular weight is 266 g/mol. The Kier molecular flexibility index (Phi) is 4.41. The van der Waals surface area contributed by atoms with Crippen LogP contribution < -0.4 is 0 Å². The Bertz CT molecular complexity index is 418. The van der Waals surface area contributed by atoms with Crippen LogP contribution in [0.3, 0.4) is 0 Å². The molecule has 7 heteroatoms. The number of alkyl halides is 3. The number of carbonyl (C=O) groups is 1. The Morgan fingerprint density at radius 2 is 2.00 bits per heavy atom. The van der Waals surface area contributed by atoms with Crippen LogP contribution in [-0.4, -0.2) is 28.5 Å². The zero-order chi connectivity index (χ0) is 13.1. The lowest BCUT2D eigenvalue weighted by molar-refractivity contribution is -0.138. The highest BCUT2D eigenvalue weighted by molar-refractivity contribution is 7.99. The SMILES string of the molecule is O=C(O)c1cc(SCCO)ccc1C(F)(F)F. The third-order valence-corrected chi connectivity index (χ3v) is 2.86. The lowest BCUT2D eigenvalue weighted by Gasteiger charge is -2.11. The van der Waals surface area contributed by atoms with E-state index in [2.05, 4.69) is 0 Å². The van der Waals surface area contributed by atoms with E-state index in [1.165, 1.54) is 6.07 Å². The third-order valence-electron chi connectivity index (χ3n) is 1.89. The first-order valence-electron chi connectivity index (χ1n) is 4.54. The summed E-state index contributed by atoms with van der Waals surface area (Å²) in [4.78, 5) is 11.1. The fraction of sp³-hybridized carbons (Fsp3) is 0.300. The van der Waals surface area contributed by atoms with E-state index in [9.17, 15) is 18.0 Å². The quantitative estimate of drug-likeness (QED) is 0.822. The highest BCUT2D eigenvalue weighted by atomic mass is 32.2. The molecule has 0 fully saturated rings. The van der Waals surface area contributed by atoms with E-state index >= 15 is 0 Å². The van der Waals surface area contributed by atoms with Gasteiger partial charge in [0.1, 0.15) is 0 Å². The molecular formula is C10H9F3O3S.